The van der Waals surface area contributed by atoms with E-state index >= 15 is 0 Å². The lowest BCUT2D eigenvalue weighted by Gasteiger charge is -2.27. The summed E-state index contributed by atoms with van der Waals surface area (Å²) in [6.07, 6.45) is 1.02. The van der Waals surface area contributed by atoms with Crippen LogP contribution in [0.15, 0.2) is 22.7 Å². The summed E-state index contributed by atoms with van der Waals surface area (Å²) in [6.45, 7) is 0. The van der Waals surface area contributed by atoms with Crippen molar-refractivity contribution in [3.05, 3.63) is 34.9 Å². The monoisotopic (exact) mass is 268 g/mol. The van der Waals surface area contributed by atoms with Crippen molar-refractivity contribution in [3.63, 3.8) is 0 Å². The molecule has 1 saturated carbocycles. The molecule has 0 radical (unpaired) electrons. The molecule has 0 amide bonds. The minimum atomic E-state index is -0.480. The first kappa shape index (κ1) is 11.6. The molecule has 0 spiro atoms. The Labute approximate surface area is 107 Å². The molecular formula is C12H10ClFN2O2. The Morgan fingerprint density at radius 2 is 2.17 bits per heavy atom. The standard InChI is InChI=1S/C12H10ClFN2O2/c13-9-5-6(1-2-10(9)14)11-15-12(18-16-11)7-3-8(17)4-7/h1-2,5,7-8,17H,3-4H2. The van der Waals surface area contributed by atoms with Gasteiger partial charge in [-0.3, -0.25) is 0 Å². The summed E-state index contributed by atoms with van der Waals surface area (Å²) in [7, 11) is 0. The molecule has 0 atom stereocenters. The van der Waals surface area contributed by atoms with Crippen LogP contribution in [0.4, 0.5) is 4.39 Å². The summed E-state index contributed by atoms with van der Waals surface area (Å²) >= 11 is 5.70. The van der Waals surface area contributed by atoms with E-state index in [4.69, 9.17) is 16.1 Å². The SMILES string of the molecule is OC1CC(c2nc(-c3ccc(F)c(Cl)c3)no2)C1. The fourth-order valence-electron chi connectivity index (χ4n) is 1.94. The highest BCUT2D eigenvalue weighted by molar-refractivity contribution is 6.31. The summed E-state index contributed by atoms with van der Waals surface area (Å²) in [6, 6.07) is 4.27. The predicted molar refractivity (Wildman–Crippen MR) is 62.7 cm³/mol. The third kappa shape index (κ3) is 2.00. The second-order valence-electron chi connectivity index (χ2n) is 4.41. The molecule has 1 aliphatic carbocycles. The molecule has 0 unspecified atom stereocenters. The molecular weight excluding hydrogens is 259 g/mol. The Morgan fingerprint density at radius 1 is 1.39 bits per heavy atom. The van der Waals surface area contributed by atoms with Crippen LogP contribution in [0, 0.1) is 5.82 Å². The van der Waals surface area contributed by atoms with Gasteiger partial charge in [0.15, 0.2) is 0 Å². The van der Waals surface area contributed by atoms with Gasteiger partial charge in [-0.1, -0.05) is 16.8 Å². The first-order valence-electron chi connectivity index (χ1n) is 5.60. The minimum absolute atomic E-state index is 0.0258. The van der Waals surface area contributed by atoms with Crippen LogP contribution in [-0.4, -0.2) is 21.4 Å². The Hall–Kier alpha value is -1.46. The number of aromatic nitrogens is 2. The Balaban J connectivity index is 1.86. The summed E-state index contributed by atoms with van der Waals surface area (Å²) in [4.78, 5) is 4.24. The van der Waals surface area contributed by atoms with Crippen LogP contribution >= 0.6 is 11.6 Å². The number of aliphatic hydroxyl groups excluding tert-OH is 1. The molecule has 4 nitrogen and oxygen atoms in total. The molecule has 0 saturated heterocycles. The lowest BCUT2D eigenvalue weighted by Crippen LogP contribution is -2.26. The van der Waals surface area contributed by atoms with Crippen LogP contribution in [0.3, 0.4) is 0 Å². The lowest BCUT2D eigenvalue weighted by atomic mass is 9.82. The maximum atomic E-state index is 13.0. The van der Waals surface area contributed by atoms with E-state index in [0.717, 1.165) is 0 Å². The highest BCUT2D eigenvalue weighted by Crippen LogP contribution is 2.36. The van der Waals surface area contributed by atoms with Crippen molar-refractivity contribution < 1.29 is 14.0 Å². The lowest BCUT2D eigenvalue weighted by molar-refractivity contribution is 0.0625. The molecule has 1 heterocycles. The minimum Gasteiger partial charge on any atom is -0.393 e. The van der Waals surface area contributed by atoms with Crippen LogP contribution in [-0.2, 0) is 0 Å². The normalized spacial score (nSPS) is 22.8. The van der Waals surface area contributed by atoms with Gasteiger partial charge in [0.05, 0.1) is 11.1 Å². The van der Waals surface area contributed by atoms with E-state index in [9.17, 15) is 9.50 Å². The van der Waals surface area contributed by atoms with Gasteiger partial charge in [-0.15, -0.1) is 0 Å². The van der Waals surface area contributed by atoms with Crippen LogP contribution in [0.1, 0.15) is 24.7 Å². The molecule has 18 heavy (non-hydrogen) atoms. The van der Waals surface area contributed by atoms with Crippen molar-refractivity contribution in [2.24, 2.45) is 0 Å². The first-order valence-corrected chi connectivity index (χ1v) is 5.98. The Kier molecular flexibility index (Phi) is 2.80. The molecule has 1 fully saturated rings. The Morgan fingerprint density at radius 3 is 2.83 bits per heavy atom. The highest BCUT2D eigenvalue weighted by atomic mass is 35.5. The van der Waals surface area contributed by atoms with Crippen LogP contribution in [0.2, 0.25) is 5.02 Å². The van der Waals surface area contributed by atoms with Crippen LogP contribution in [0.5, 0.6) is 0 Å². The van der Waals surface area contributed by atoms with Crippen LogP contribution < -0.4 is 0 Å². The number of rotatable bonds is 2. The largest absolute Gasteiger partial charge is 0.393 e. The van der Waals surface area contributed by atoms with Gasteiger partial charge >= 0.3 is 0 Å². The third-order valence-electron chi connectivity index (χ3n) is 3.08. The topological polar surface area (TPSA) is 59.2 Å². The maximum absolute atomic E-state index is 13.0. The van der Waals surface area contributed by atoms with Gasteiger partial charge in [-0.2, -0.15) is 4.98 Å². The van der Waals surface area contributed by atoms with E-state index in [-0.39, 0.29) is 17.0 Å². The predicted octanol–water partition coefficient (Wildman–Crippen LogP) is 2.77. The van der Waals surface area contributed by atoms with Crippen molar-refractivity contribution in [2.75, 3.05) is 0 Å². The van der Waals surface area contributed by atoms with Crippen molar-refractivity contribution in [3.8, 4) is 11.4 Å². The highest BCUT2D eigenvalue weighted by Gasteiger charge is 2.33. The van der Waals surface area contributed by atoms with E-state index in [1.54, 1.807) is 6.07 Å². The summed E-state index contributed by atoms with van der Waals surface area (Å²) in [5, 5.41) is 13.1. The first-order chi connectivity index (χ1) is 8.63. The van der Waals surface area contributed by atoms with Crippen molar-refractivity contribution >= 4 is 11.6 Å². The summed E-state index contributed by atoms with van der Waals surface area (Å²) in [5.41, 5.74) is 0.608. The van der Waals surface area contributed by atoms with Gasteiger partial charge in [-0.05, 0) is 31.0 Å². The number of aliphatic hydroxyl groups is 1. The zero-order chi connectivity index (χ0) is 12.7. The number of benzene rings is 1. The van der Waals surface area contributed by atoms with Gasteiger partial charge in [0.1, 0.15) is 5.82 Å². The molecule has 1 aromatic carbocycles. The molecule has 0 bridgehead atoms. The average Bonchev–Trinajstić information content (AvgIpc) is 2.78. The molecule has 2 aromatic rings. The average molecular weight is 269 g/mol. The number of hydrogen-bond acceptors (Lipinski definition) is 4. The zero-order valence-electron chi connectivity index (χ0n) is 9.31. The van der Waals surface area contributed by atoms with E-state index in [1.807, 2.05) is 0 Å². The smallest absolute Gasteiger partial charge is 0.230 e. The number of halogens is 2. The summed E-state index contributed by atoms with van der Waals surface area (Å²) in [5.74, 6) is 0.535. The van der Waals surface area contributed by atoms with Gasteiger partial charge in [0, 0.05) is 11.5 Å². The van der Waals surface area contributed by atoms with Crippen molar-refractivity contribution in [1.29, 1.82) is 0 Å². The van der Waals surface area contributed by atoms with E-state index in [1.165, 1.54) is 12.1 Å². The molecule has 1 aliphatic rings. The fourth-order valence-corrected chi connectivity index (χ4v) is 2.12. The summed E-state index contributed by atoms with van der Waals surface area (Å²) < 4.78 is 18.2. The maximum Gasteiger partial charge on any atom is 0.230 e. The third-order valence-corrected chi connectivity index (χ3v) is 3.37. The van der Waals surface area contributed by atoms with Gasteiger partial charge in [0.2, 0.25) is 11.7 Å². The number of hydrogen-bond donors (Lipinski definition) is 1. The van der Waals surface area contributed by atoms with E-state index in [0.29, 0.717) is 30.1 Å². The second kappa shape index (κ2) is 4.33. The molecule has 94 valence electrons. The van der Waals surface area contributed by atoms with Crippen molar-refractivity contribution in [1.82, 2.24) is 10.1 Å². The van der Waals surface area contributed by atoms with Crippen LogP contribution in [0.25, 0.3) is 11.4 Å². The zero-order valence-corrected chi connectivity index (χ0v) is 10.1. The van der Waals surface area contributed by atoms with Gasteiger partial charge < -0.3 is 9.63 Å². The molecule has 1 N–H and O–H groups in total. The van der Waals surface area contributed by atoms with Crippen molar-refractivity contribution in [2.45, 2.75) is 24.9 Å². The second-order valence-corrected chi connectivity index (χ2v) is 4.81. The molecule has 6 heteroatoms. The van der Waals surface area contributed by atoms with E-state index < -0.39 is 5.82 Å². The number of nitrogens with zero attached hydrogens (tertiary/aromatic N) is 2. The fraction of sp³-hybridized carbons (Fsp3) is 0.333. The molecule has 1 aromatic heterocycles. The molecule has 0 aliphatic heterocycles. The molecule has 3 rings (SSSR count). The quantitative estimate of drug-likeness (QED) is 0.910. The Bertz CT molecular complexity index is 581. The van der Waals surface area contributed by atoms with Gasteiger partial charge in [0.25, 0.3) is 0 Å². The van der Waals surface area contributed by atoms with Gasteiger partial charge in [-0.25, -0.2) is 4.39 Å². The van der Waals surface area contributed by atoms with E-state index in [2.05, 4.69) is 10.1 Å².